The van der Waals surface area contributed by atoms with Gasteiger partial charge in [-0.25, -0.2) is 9.37 Å². The topological polar surface area (TPSA) is 36.3 Å². The lowest BCUT2D eigenvalue weighted by Gasteiger charge is -2.28. The van der Waals surface area contributed by atoms with Gasteiger partial charge >= 0.3 is 0 Å². The molecular formula is C22H23FN2O2S. The second kappa shape index (κ2) is 8.90. The van der Waals surface area contributed by atoms with Crippen LogP contribution in [-0.2, 0) is 22.4 Å². The van der Waals surface area contributed by atoms with Gasteiger partial charge in [-0.2, -0.15) is 0 Å². The summed E-state index contributed by atoms with van der Waals surface area (Å²) in [6, 6.07) is 16.9. The van der Waals surface area contributed by atoms with Crippen LogP contribution in [0.15, 0.2) is 78.2 Å². The highest BCUT2D eigenvalue weighted by atomic mass is 32.2. The molecule has 2 unspecified atom stereocenters. The summed E-state index contributed by atoms with van der Waals surface area (Å²) in [5.41, 5.74) is 1.07. The molecule has 2 atom stereocenters. The van der Waals surface area contributed by atoms with Crippen LogP contribution in [0.5, 0.6) is 0 Å². The minimum Gasteiger partial charge on any atom is -0.345 e. The van der Waals surface area contributed by atoms with Crippen molar-refractivity contribution in [3.05, 3.63) is 84.7 Å². The molecule has 0 N–H and O–H groups in total. The SMILES string of the molecule is Fc1ccc(CCC2(Cn3ccnc3)OCC(CSc3ccccc3)O2)cc1. The number of hydrogen-bond acceptors (Lipinski definition) is 4. The van der Waals surface area contributed by atoms with E-state index in [-0.39, 0.29) is 11.9 Å². The van der Waals surface area contributed by atoms with Crippen LogP contribution in [0, 0.1) is 5.82 Å². The Morgan fingerprint density at radius 3 is 2.71 bits per heavy atom. The summed E-state index contributed by atoms with van der Waals surface area (Å²) >= 11 is 1.78. The van der Waals surface area contributed by atoms with Crippen LogP contribution in [0.1, 0.15) is 12.0 Å². The summed E-state index contributed by atoms with van der Waals surface area (Å²) in [6.45, 7) is 1.15. The Balaban J connectivity index is 1.41. The van der Waals surface area contributed by atoms with E-state index in [4.69, 9.17) is 9.47 Å². The van der Waals surface area contributed by atoms with Gasteiger partial charge in [0, 0.05) is 29.5 Å². The van der Waals surface area contributed by atoms with E-state index in [0.717, 1.165) is 17.7 Å². The van der Waals surface area contributed by atoms with E-state index >= 15 is 0 Å². The van der Waals surface area contributed by atoms with Crippen LogP contribution in [0.4, 0.5) is 4.39 Å². The number of aryl methyl sites for hydroxylation is 1. The highest BCUT2D eigenvalue weighted by Crippen LogP contribution is 2.33. The molecule has 0 saturated carbocycles. The molecule has 1 saturated heterocycles. The number of imidazole rings is 1. The molecule has 4 nitrogen and oxygen atoms in total. The van der Waals surface area contributed by atoms with E-state index in [2.05, 4.69) is 17.1 Å². The maximum atomic E-state index is 13.2. The minimum atomic E-state index is -0.697. The highest BCUT2D eigenvalue weighted by molar-refractivity contribution is 7.99. The fraction of sp³-hybridized carbons (Fsp3) is 0.318. The van der Waals surface area contributed by atoms with Crippen molar-refractivity contribution in [3.8, 4) is 0 Å². The molecular weight excluding hydrogens is 375 g/mol. The summed E-state index contributed by atoms with van der Waals surface area (Å²) in [5.74, 6) is -0.0771. The third-order valence-electron chi connectivity index (χ3n) is 4.78. The third kappa shape index (κ3) is 5.01. The quantitative estimate of drug-likeness (QED) is 0.521. The Labute approximate surface area is 168 Å². The van der Waals surface area contributed by atoms with Crippen LogP contribution >= 0.6 is 11.8 Å². The lowest BCUT2D eigenvalue weighted by Crippen LogP contribution is -2.37. The fourth-order valence-electron chi connectivity index (χ4n) is 3.34. The van der Waals surface area contributed by atoms with E-state index in [1.165, 1.54) is 17.0 Å². The summed E-state index contributed by atoms with van der Waals surface area (Å²) in [4.78, 5) is 5.35. The Morgan fingerprint density at radius 1 is 1.14 bits per heavy atom. The monoisotopic (exact) mass is 398 g/mol. The average molecular weight is 399 g/mol. The number of aromatic nitrogens is 2. The molecule has 2 heterocycles. The van der Waals surface area contributed by atoms with Crippen LogP contribution in [0.3, 0.4) is 0 Å². The normalized spacial score (nSPS) is 21.8. The predicted octanol–water partition coefficient (Wildman–Crippen LogP) is 4.56. The summed E-state index contributed by atoms with van der Waals surface area (Å²) in [5, 5.41) is 0. The van der Waals surface area contributed by atoms with Crippen LogP contribution in [0.25, 0.3) is 0 Å². The Morgan fingerprint density at radius 2 is 1.96 bits per heavy atom. The number of rotatable bonds is 8. The van der Waals surface area contributed by atoms with E-state index in [1.54, 1.807) is 24.3 Å². The Bertz CT molecular complexity index is 858. The van der Waals surface area contributed by atoms with E-state index < -0.39 is 5.79 Å². The molecule has 2 aromatic carbocycles. The number of ether oxygens (including phenoxy) is 2. The molecule has 1 aromatic heterocycles. The lowest BCUT2D eigenvalue weighted by molar-refractivity contribution is -0.180. The van der Waals surface area contributed by atoms with E-state index in [1.807, 2.05) is 41.1 Å². The van der Waals surface area contributed by atoms with Gasteiger partial charge in [0.05, 0.1) is 25.6 Å². The number of thioether (sulfide) groups is 1. The van der Waals surface area contributed by atoms with Gasteiger partial charge in [0.15, 0.2) is 5.79 Å². The first-order valence-electron chi connectivity index (χ1n) is 9.41. The molecule has 1 aliphatic rings. The van der Waals surface area contributed by atoms with Gasteiger partial charge in [0.2, 0.25) is 0 Å². The van der Waals surface area contributed by atoms with Gasteiger partial charge in [-0.05, 0) is 36.2 Å². The smallest absolute Gasteiger partial charge is 0.187 e. The molecule has 0 radical (unpaired) electrons. The number of halogens is 1. The first kappa shape index (κ1) is 19.2. The largest absolute Gasteiger partial charge is 0.345 e. The Hall–Kier alpha value is -2.15. The first-order chi connectivity index (χ1) is 13.7. The summed E-state index contributed by atoms with van der Waals surface area (Å²) < 4.78 is 27.8. The fourth-order valence-corrected chi connectivity index (χ4v) is 4.23. The summed E-state index contributed by atoms with van der Waals surface area (Å²) in [6.07, 6.45) is 6.93. The number of benzene rings is 2. The van der Waals surface area contributed by atoms with Gasteiger partial charge in [-0.1, -0.05) is 30.3 Å². The molecule has 1 aliphatic heterocycles. The molecule has 28 heavy (non-hydrogen) atoms. The molecule has 0 spiro atoms. The zero-order valence-electron chi connectivity index (χ0n) is 15.5. The minimum absolute atomic E-state index is 0.0296. The zero-order chi connectivity index (χ0) is 19.2. The van der Waals surface area contributed by atoms with Gasteiger partial charge < -0.3 is 14.0 Å². The van der Waals surface area contributed by atoms with Gasteiger partial charge in [-0.3, -0.25) is 0 Å². The molecule has 1 fully saturated rings. The van der Waals surface area contributed by atoms with Gasteiger partial charge in [0.1, 0.15) is 5.82 Å². The van der Waals surface area contributed by atoms with Crippen molar-refractivity contribution in [3.63, 3.8) is 0 Å². The van der Waals surface area contributed by atoms with Crippen molar-refractivity contribution in [1.82, 2.24) is 9.55 Å². The van der Waals surface area contributed by atoms with Crippen LogP contribution in [-0.4, -0.2) is 33.8 Å². The molecule has 0 aliphatic carbocycles. The molecule has 6 heteroatoms. The van der Waals surface area contributed by atoms with Gasteiger partial charge in [-0.15, -0.1) is 11.8 Å². The van der Waals surface area contributed by atoms with Crippen molar-refractivity contribution in [2.75, 3.05) is 12.4 Å². The second-order valence-corrected chi connectivity index (χ2v) is 8.04. The molecule has 4 rings (SSSR count). The van der Waals surface area contributed by atoms with Crippen molar-refractivity contribution >= 4 is 11.8 Å². The van der Waals surface area contributed by atoms with Crippen LogP contribution in [0.2, 0.25) is 0 Å². The average Bonchev–Trinajstić information content (AvgIpc) is 3.38. The predicted molar refractivity (Wildman–Crippen MR) is 108 cm³/mol. The van der Waals surface area contributed by atoms with Gasteiger partial charge in [0.25, 0.3) is 0 Å². The molecule has 0 bridgehead atoms. The van der Waals surface area contributed by atoms with E-state index in [0.29, 0.717) is 19.6 Å². The standard InChI is InChI=1S/C22H23FN2O2S/c23-19-8-6-18(7-9-19)10-11-22(16-25-13-12-24-17-25)26-14-20(27-22)15-28-21-4-2-1-3-5-21/h1-9,12-13,17,20H,10-11,14-16H2. The molecule has 146 valence electrons. The summed E-state index contributed by atoms with van der Waals surface area (Å²) in [7, 11) is 0. The number of hydrogen-bond donors (Lipinski definition) is 0. The number of nitrogens with zero attached hydrogens (tertiary/aromatic N) is 2. The highest BCUT2D eigenvalue weighted by Gasteiger charge is 2.41. The van der Waals surface area contributed by atoms with E-state index in [9.17, 15) is 4.39 Å². The first-order valence-corrected chi connectivity index (χ1v) is 10.4. The second-order valence-electron chi connectivity index (χ2n) is 6.95. The van der Waals surface area contributed by atoms with Crippen molar-refractivity contribution < 1.29 is 13.9 Å². The molecule has 3 aromatic rings. The maximum Gasteiger partial charge on any atom is 0.187 e. The van der Waals surface area contributed by atoms with Crippen molar-refractivity contribution in [2.24, 2.45) is 0 Å². The van der Waals surface area contributed by atoms with Crippen molar-refractivity contribution in [2.45, 2.75) is 36.2 Å². The van der Waals surface area contributed by atoms with Crippen LogP contribution < -0.4 is 0 Å². The lowest BCUT2D eigenvalue weighted by atomic mass is 10.0. The molecule has 0 amide bonds. The maximum absolute atomic E-state index is 13.2. The zero-order valence-corrected chi connectivity index (χ0v) is 16.4. The Kier molecular flexibility index (Phi) is 6.10. The van der Waals surface area contributed by atoms with Crippen molar-refractivity contribution in [1.29, 1.82) is 0 Å². The third-order valence-corrected chi connectivity index (χ3v) is 5.93.